The fourth-order valence-corrected chi connectivity index (χ4v) is 6.77. The summed E-state index contributed by atoms with van der Waals surface area (Å²) >= 11 is 13.3. The molecule has 3 aliphatic rings. The molecule has 0 radical (unpaired) electrons. The van der Waals surface area contributed by atoms with E-state index in [-0.39, 0.29) is 29.1 Å². The Balaban J connectivity index is 1.22. The lowest BCUT2D eigenvalue weighted by molar-refractivity contribution is 0.0695. The molecule has 0 amide bonds. The number of carboxylic acid groups (broad SMARTS) is 1. The Morgan fingerprint density at radius 3 is 2.53 bits per heavy atom. The van der Waals surface area contributed by atoms with Crippen molar-refractivity contribution in [3.8, 4) is 17.4 Å². The summed E-state index contributed by atoms with van der Waals surface area (Å²) in [5, 5.41) is 10.9. The van der Waals surface area contributed by atoms with E-state index in [4.69, 9.17) is 32.7 Å². The number of hydrogen-bond donors (Lipinski definition) is 1. The third-order valence-corrected chi connectivity index (χ3v) is 9.90. The average molecular weight is 680 g/mol. The zero-order valence-corrected chi connectivity index (χ0v) is 27.9. The van der Waals surface area contributed by atoms with Gasteiger partial charge in [-0.2, -0.15) is 4.98 Å². The van der Waals surface area contributed by atoms with Crippen molar-refractivity contribution in [3.63, 3.8) is 0 Å². The van der Waals surface area contributed by atoms with Crippen LogP contribution in [0.5, 0.6) is 11.8 Å². The van der Waals surface area contributed by atoms with E-state index in [1.165, 1.54) is 6.20 Å². The molecule has 2 atom stereocenters. The number of carboxylic acids is 1. The monoisotopic (exact) mass is 678 g/mol. The van der Waals surface area contributed by atoms with E-state index in [9.17, 15) is 14.7 Å². The molecule has 2 aliphatic heterocycles. The number of pyridine rings is 3. The minimum absolute atomic E-state index is 0.0623. The van der Waals surface area contributed by atoms with Gasteiger partial charge in [-0.3, -0.25) is 4.79 Å². The third-order valence-electron chi connectivity index (χ3n) is 9.31. The molecule has 1 saturated carbocycles. The van der Waals surface area contributed by atoms with Gasteiger partial charge in [0, 0.05) is 42.8 Å². The van der Waals surface area contributed by atoms with Crippen molar-refractivity contribution in [2.24, 2.45) is 0 Å². The van der Waals surface area contributed by atoms with Crippen LogP contribution in [0.3, 0.4) is 0 Å². The van der Waals surface area contributed by atoms with E-state index in [0.717, 1.165) is 50.3 Å². The first-order valence-electron chi connectivity index (χ1n) is 15.8. The van der Waals surface area contributed by atoms with Gasteiger partial charge in [0.25, 0.3) is 0 Å². The lowest BCUT2D eigenvalue weighted by Crippen LogP contribution is -2.57. The van der Waals surface area contributed by atoms with Gasteiger partial charge in [-0.15, -0.1) is 0 Å². The van der Waals surface area contributed by atoms with Crippen LogP contribution in [0.15, 0.2) is 53.6 Å². The zero-order chi connectivity index (χ0) is 33.0. The predicted molar refractivity (Wildman–Crippen MR) is 182 cm³/mol. The molecule has 1 aliphatic carbocycles. The van der Waals surface area contributed by atoms with E-state index in [0.29, 0.717) is 45.7 Å². The largest absolute Gasteiger partial charge is 0.477 e. The van der Waals surface area contributed by atoms with Gasteiger partial charge in [-0.05, 0) is 77.0 Å². The number of halogens is 2. The van der Waals surface area contributed by atoms with Gasteiger partial charge in [0.15, 0.2) is 0 Å². The van der Waals surface area contributed by atoms with Crippen LogP contribution in [-0.4, -0.2) is 88.5 Å². The maximum atomic E-state index is 13.4. The van der Waals surface area contributed by atoms with Gasteiger partial charge >= 0.3 is 5.97 Å². The van der Waals surface area contributed by atoms with Gasteiger partial charge in [0.2, 0.25) is 17.2 Å². The molecular formula is C34H36Cl2N6O5. The Kier molecular flexibility index (Phi) is 8.40. The Morgan fingerprint density at radius 1 is 1.06 bits per heavy atom. The SMILES string of the molecule is C[C@@H]1CC[C@H](COc2nc(OC3CC3)ccc2Cl)N1c1cc2c(cc1Cl)c(=O)c(C(=O)O)cn2-c1ccc(N2CC(N(C)C)C2)nc1. The first kappa shape index (κ1) is 31.5. The van der Waals surface area contributed by atoms with E-state index >= 15 is 0 Å². The molecule has 0 bridgehead atoms. The second kappa shape index (κ2) is 12.5. The van der Waals surface area contributed by atoms with Crippen LogP contribution in [0, 0.1) is 0 Å². The molecule has 4 aromatic rings. The summed E-state index contributed by atoms with van der Waals surface area (Å²) in [6.45, 7) is 4.19. The number of aromatic nitrogens is 3. The maximum absolute atomic E-state index is 13.4. The highest BCUT2D eigenvalue weighted by Crippen LogP contribution is 2.39. The van der Waals surface area contributed by atoms with Crippen molar-refractivity contribution < 1.29 is 19.4 Å². The van der Waals surface area contributed by atoms with Gasteiger partial charge in [-0.1, -0.05) is 23.2 Å². The molecule has 1 N–H and O–H groups in total. The van der Waals surface area contributed by atoms with Crippen LogP contribution in [0.25, 0.3) is 16.6 Å². The Hall–Kier alpha value is -4.06. The average Bonchev–Trinajstić information content (AvgIpc) is 3.76. The lowest BCUT2D eigenvalue weighted by Gasteiger charge is -2.43. The summed E-state index contributed by atoms with van der Waals surface area (Å²) in [5.41, 5.74) is 0.931. The summed E-state index contributed by atoms with van der Waals surface area (Å²) < 4.78 is 13.7. The Bertz CT molecular complexity index is 1890. The van der Waals surface area contributed by atoms with Crippen molar-refractivity contribution in [1.29, 1.82) is 0 Å². The Morgan fingerprint density at radius 2 is 1.85 bits per heavy atom. The molecule has 13 heteroatoms. The van der Waals surface area contributed by atoms with Crippen LogP contribution in [0.4, 0.5) is 11.5 Å². The quantitative estimate of drug-likeness (QED) is 0.230. The van der Waals surface area contributed by atoms with Crippen molar-refractivity contribution in [2.75, 3.05) is 43.6 Å². The molecule has 2 saturated heterocycles. The van der Waals surface area contributed by atoms with Crippen molar-refractivity contribution in [1.82, 2.24) is 19.4 Å². The summed E-state index contributed by atoms with van der Waals surface area (Å²) in [7, 11) is 4.13. The number of fused-ring (bicyclic) bond motifs is 1. The number of benzene rings is 1. The van der Waals surface area contributed by atoms with Crippen LogP contribution < -0.4 is 24.7 Å². The molecule has 5 heterocycles. The summed E-state index contributed by atoms with van der Waals surface area (Å²) in [6.07, 6.45) is 7.05. The summed E-state index contributed by atoms with van der Waals surface area (Å²) in [4.78, 5) is 41.3. The van der Waals surface area contributed by atoms with Crippen LogP contribution in [0.1, 0.15) is 43.0 Å². The fourth-order valence-electron chi connectivity index (χ4n) is 6.35. The van der Waals surface area contributed by atoms with Gasteiger partial charge in [-0.25, -0.2) is 9.78 Å². The second-order valence-electron chi connectivity index (χ2n) is 12.8. The van der Waals surface area contributed by atoms with Crippen LogP contribution >= 0.6 is 23.2 Å². The highest BCUT2D eigenvalue weighted by molar-refractivity contribution is 6.34. The summed E-state index contributed by atoms with van der Waals surface area (Å²) in [5.74, 6) is 0.336. The number of nitrogens with zero attached hydrogens (tertiary/aromatic N) is 6. The topological polar surface area (TPSA) is 113 Å². The first-order chi connectivity index (χ1) is 22.6. The molecule has 11 nitrogen and oxygen atoms in total. The molecule has 7 rings (SSSR count). The number of likely N-dealkylation sites (N-methyl/N-ethyl adjacent to an activating group) is 1. The lowest BCUT2D eigenvalue weighted by atomic mass is 10.1. The highest BCUT2D eigenvalue weighted by atomic mass is 35.5. The molecule has 1 aromatic carbocycles. The molecule has 0 unspecified atom stereocenters. The number of hydrogen-bond acceptors (Lipinski definition) is 9. The molecular weight excluding hydrogens is 643 g/mol. The number of carbonyl (C=O) groups is 1. The van der Waals surface area contributed by atoms with Crippen molar-refractivity contribution in [2.45, 2.75) is 56.8 Å². The molecule has 47 heavy (non-hydrogen) atoms. The van der Waals surface area contributed by atoms with Crippen LogP contribution in [-0.2, 0) is 0 Å². The number of rotatable bonds is 10. The molecule has 0 spiro atoms. The van der Waals surface area contributed by atoms with E-state index < -0.39 is 11.4 Å². The first-order valence-corrected chi connectivity index (χ1v) is 16.6. The second-order valence-corrected chi connectivity index (χ2v) is 13.6. The van der Waals surface area contributed by atoms with Gasteiger partial charge < -0.3 is 33.8 Å². The minimum Gasteiger partial charge on any atom is -0.477 e. The molecule has 3 aromatic heterocycles. The number of ether oxygens (including phenoxy) is 2. The van der Waals surface area contributed by atoms with E-state index in [1.54, 1.807) is 29.0 Å². The maximum Gasteiger partial charge on any atom is 0.341 e. The van der Waals surface area contributed by atoms with Gasteiger partial charge in [0.1, 0.15) is 29.1 Å². The minimum atomic E-state index is -1.31. The standard InChI is InChI=1S/C34H36Cl2N6O5/c1-19-4-5-21(18-46-33-26(35)9-11-31(38-33)47-23-7-8-23)42(19)29-13-28-24(12-27(29)36)32(43)25(34(44)45)17-41(28)20-6-10-30(37-14-20)40-15-22(16-40)39(2)3/h6,9-14,17,19,21-23H,4-5,7-8,15-16,18H2,1-3H3,(H,44,45)/t19-,21-/m1/s1. The predicted octanol–water partition coefficient (Wildman–Crippen LogP) is 5.51. The summed E-state index contributed by atoms with van der Waals surface area (Å²) in [6, 6.07) is 11.2. The highest BCUT2D eigenvalue weighted by Gasteiger charge is 2.34. The van der Waals surface area contributed by atoms with Crippen LogP contribution in [0.2, 0.25) is 10.0 Å². The van der Waals surface area contributed by atoms with E-state index in [2.05, 4.69) is 45.7 Å². The smallest absolute Gasteiger partial charge is 0.341 e. The molecule has 246 valence electrons. The number of anilines is 2. The molecule has 3 fully saturated rings. The van der Waals surface area contributed by atoms with Gasteiger partial charge in [0.05, 0.1) is 34.2 Å². The Labute approximate surface area is 282 Å². The fraction of sp³-hybridized carbons (Fsp3) is 0.412. The normalized spacial score (nSPS) is 19.8. The van der Waals surface area contributed by atoms with Crippen molar-refractivity contribution >= 4 is 51.6 Å². The van der Waals surface area contributed by atoms with E-state index in [1.807, 2.05) is 18.2 Å². The zero-order valence-electron chi connectivity index (χ0n) is 26.4. The third kappa shape index (κ3) is 6.19. The number of aromatic carboxylic acids is 1. The van der Waals surface area contributed by atoms with Crippen molar-refractivity contribution in [3.05, 3.63) is 74.6 Å².